The fourth-order valence-electron chi connectivity index (χ4n) is 3.92. The number of aliphatic hydroxyl groups is 1. The highest BCUT2D eigenvalue weighted by atomic mass is 16.5. The number of hydrogen-bond acceptors (Lipinski definition) is 5. The Hall–Kier alpha value is -3.12. The molecule has 32 heavy (non-hydrogen) atoms. The van der Waals surface area contributed by atoms with Crippen molar-refractivity contribution in [3.8, 4) is 5.75 Å². The van der Waals surface area contributed by atoms with Crippen LogP contribution in [0.25, 0.3) is 5.76 Å². The molecule has 1 saturated heterocycles. The van der Waals surface area contributed by atoms with E-state index in [4.69, 9.17) is 9.47 Å². The standard InChI is InChI=1S/C26H31NO5/c1-6-18-7-9-19(10-8-18)23-22(25(29)26(30)27(23)13-14-31-5)24(28)20-11-12-21(17(4)15-20)32-16(2)3/h7-12,15-16,23,28H,6,13-14H2,1-5H3/b24-22-. The lowest BCUT2D eigenvalue weighted by atomic mass is 9.94. The molecule has 1 atom stereocenters. The second-order valence-electron chi connectivity index (χ2n) is 8.23. The van der Waals surface area contributed by atoms with Crippen LogP contribution in [0.5, 0.6) is 5.75 Å². The molecule has 1 aliphatic rings. The van der Waals surface area contributed by atoms with Gasteiger partial charge in [0, 0.05) is 19.2 Å². The van der Waals surface area contributed by atoms with Crippen LogP contribution in [0, 0.1) is 6.92 Å². The zero-order valence-corrected chi connectivity index (χ0v) is 19.3. The minimum absolute atomic E-state index is 0.0188. The molecule has 2 aromatic carbocycles. The van der Waals surface area contributed by atoms with E-state index in [9.17, 15) is 14.7 Å². The summed E-state index contributed by atoms with van der Waals surface area (Å²) in [4.78, 5) is 27.4. The first-order valence-electron chi connectivity index (χ1n) is 10.9. The molecule has 2 aromatic rings. The third-order valence-electron chi connectivity index (χ3n) is 5.59. The molecule has 0 bridgehead atoms. The zero-order chi connectivity index (χ0) is 23.4. The van der Waals surface area contributed by atoms with Crippen molar-refractivity contribution in [3.05, 3.63) is 70.3 Å². The third-order valence-corrected chi connectivity index (χ3v) is 5.59. The molecule has 1 heterocycles. The van der Waals surface area contributed by atoms with Crippen LogP contribution >= 0.6 is 0 Å². The largest absolute Gasteiger partial charge is 0.507 e. The molecule has 1 fully saturated rings. The number of ketones is 1. The van der Waals surface area contributed by atoms with Gasteiger partial charge in [-0.15, -0.1) is 0 Å². The van der Waals surface area contributed by atoms with Gasteiger partial charge < -0.3 is 19.5 Å². The first-order chi connectivity index (χ1) is 15.3. The average Bonchev–Trinajstić information content (AvgIpc) is 3.03. The Balaban J connectivity index is 2.11. The molecular formula is C26H31NO5. The van der Waals surface area contributed by atoms with E-state index < -0.39 is 17.7 Å². The maximum atomic E-state index is 13.0. The van der Waals surface area contributed by atoms with Crippen molar-refractivity contribution in [3.63, 3.8) is 0 Å². The van der Waals surface area contributed by atoms with E-state index in [0.29, 0.717) is 11.3 Å². The van der Waals surface area contributed by atoms with E-state index >= 15 is 0 Å². The summed E-state index contributed by atoms with van der Waals surface area (Å²) in [6.45, 7) is 8.37. The second kappa shape index (κ2) is 10.0. The normalized spacial score (nSPS) is 17.9. The summed E-state index contributed by atoms with van der Waals surface area (Å²) in [5.74, 6) is -0.802. The highest BCUT2D eigenvalue weighted by Gasteiger charge is 2.45. The lowest BCUT2D eigenvalue weighted by molar-refractivity contribution is -0.140. The number of likely N-dealkylation sites (tertiary alicyclic amines) is 1. The molecule has 1 unspecified atom stereocenters. The van der Waals surface area contributed by atoms with Gasteiger partial charge in [0.1, 0.15) is 11.5 Å². The molecule has 0 aromatic heterocycles. The van der Waals surface area contributed by atoms with Crippen molar-refractivity contribution in [1.82, 2.24) is 4.90 Å². The lowest BCUT2D eigenvalue weighted by Gasteiger charge is -2.25. The second-order valence-corrected chi connectivity index (χ2v) is 8.23. The maximum Gasteiger partial charge on any atom is 0.295 e. The molecule has 0 saturated carbocycles. The summed E-state index contributed by atoms with van der Waals surface area (Å²) >= 11 is 0. The Kier molecular flexibility index (Phi) is 7.36. The van der Waals surface area contributed by atoms with E-state index in [2.05, 4.69) is 6.92 Å². The quantitative estimate of drug-likeness (QED) is 0.376. The smallest absolute Gasteiger partial charge is 0.295 e. The molecule has 0 radical (unpaired) electrons. The van der Waals surface area contributed by atoms with E-state index in [-0.39, 0.29) is 30.6 Å². The number of carbonyl (C=O) groups is 2. The topological polar surface area (TPSA) is 76.1 Å². The lowest BCUT2D eigenvalue weighted by Crippen LogP contribution is -2.32. The summed E-state index contributed by atoms with van der Waals surface area (Å²) in [5, 5.41) is 11.2. The number of hydrogen-bond donors (Lipinski definition) is 1. The van der Waals surface area contributed by atoms with Crippen molar-refractivity contribution in [1.29, 1.82) is 0 Å². The maximum absolute atomic E-state index is 13.0. The summed E-state index contributed by atoms with van der Waals surface area (Å²) in [6, 6.07) is 12.4. The highest BCUT2D eigenvalue weighted by molar-refractivity contribution is 6.46. The van der Waals surface area contributed by atoms with Crippen LogP contribution in [0.3, 0.4) is 0 Å². The van der Waals surface area contributed by atoms with Crippen molar-refractivity contribution < 1.29 is 24.2 Å². The van der Waals surface area contributed by atoms with Crippen LogP contribution in [-0.4, -0.2) is 48.1 Å². The van der Waals surface area contributed by atoms with Crippen molar-refractivity contribution >= 4 is 17.4 Å². The van der Waals surface area contributed by atoms with Gasteiger partial charge in [0.2, 0.25) is 0 Å². The number of amides is 1. The molecule has 170 valence electrons. The third kappa shape index (κ3) is 4.70. The van der Waals surface area contributed by atoms with E-state index in [1.807, 2.05) is 45.0 Å². The molecule has 6 nitrogen and oxygen atoms in total. The first-order valence-corrected chi connectivity index (χ1v) is 10.9. The molecule has 1 N–H and O–H groups in total. The van der Waals surface area contributed by atoms with Gasteiger partial charge in [0.05, 0.1) is 24.3 Å². The Bertz CT molecular complexity index is 1020. The minimum atomic E-state index is -0.691. The van der Waals surface area contributed by atoms with Gasteiger partial charge in [-0.2, -0.15) is 0 Å². The van der Waals surface area contributed by atoms with Crippen LogP contribution in [0.2, 0.25) is 0 Å². The fraction of sp³-hybridized carbons (Fsp3) is 0.385. The van der Waals surface area contributed by atoms with Gasteiger partial charge in [0.25, 0.3) is 11.7 Å². The van der Waals surface area contributed by atoms with E-state index in [1.54, 1.807) is 25.3 Å². The van der Waals surface area contributed by atoms with Crippen LogP contribution in [-0.2, 0) is 20.7 Å². The predicted molar refractivity (Wildman–Crippen MR) is 124 cm³/mol. The Morgan fingerprint density at radius 1 is 1.12 bits per heavy atom. The number of nitrogens with zero attached hydrogens (tertiary/aromatic N) is 1. The Labute approximate surface area is 189 Å². The van der Waals surface area contributed by atoms with Crippen LogP contribution in [0.4, 0.5) is 0 Å². The number of ether oxygens (including phenoxy) is 2. The van der Waals surface area contributed by atoms with Crippen LogP contribution in [0.15, 0.2) is 48.0 Å². The summed E-state index contributed by atoms with van der Waals surface area (Å²) in [6.07, 6.45) is 0.902. The van der Waals surface area contributed by atoms with Crippen LogP contribution < -0.4 is 4.74 Å². The highest BCUT2D eigenvalue weighted by Crippen LogP contribution is 2.39. The van der Waals surface area contributed by atoms with Gasteiger partial charge in [-0.05, 0) is 62.1 Å². The number of methoxy groups -OCH3 is 1. The predicted octanol–water partition coefficient (Wildman–Crippen LogP) is 4.41. The Morgan fingerprint density at radius 2 is 1.81 bits per heavy atom. The van der Waals surface area contributed by atoms with Crippen LogP contribution in [0.1, 0.15) is 49.1 Å². The molecule has 3 rings (SSSR count). The number of benzene rings is 2. The van der Waals surface area contributed by atoms with Gasteiger partial charge in [0.15, 0.2) is 0 Å². The number of aryl methyl sites for hydroxylation is 2. The average molecular weight is 438 g/mol. The number of Topliss-reactive ketones (excluding diaryl/α,β-unsaturated/α-hetero) is 1. The first kappa shape index (κ1) is 23.5. The van der Waals surface area contributed by atoms with Gasteiger partial charge in [-0.25, -0.2) is 0 Å². The molecule has 0 aliphatic carbocycles. The molecule has 0 spiro atoms. The zero-order valence-electron chi connectivity index (χ0n) is 19.3. The molecule has 1 amide bonds. The summed E-state index contributed by atoms with van der Waals surface area (Å²) in [7, 11) is 1.55. The number of carbonyl (C=O) groups excluding carboxylic acids is 2. The molecular weight excluding hydrogens is 406 g/mol. The monoisotopic (exact) mass is 437 g/mol. The minimum Gasteiger partial charge on any atom is -0.507 e. The number of rotatable bonds is 8. The fourth-order valence-corrected chi connectivity index (χ4v) is 3.92. The molecule has 1 aliphatic heterocycles. The number of aliphatic hydroxyl groups excluding tert-OH is 1. The summed E-state index contributed by atoms with van der Waals surface area (Å²) in [5.41, 5.74) is 3.32. The molecule has 6 heteroatoms. The summed E-state index contributed by atoms with van der Waals surface area (Å²) < 4.78 is 10.9. The van der Waals surface area contributed by atoms with Gasteiger partial charge in [-0.1, -0.05) is 31.2 Å². The van der Waals surface area contributed by atoms with Gasteiger partial charge in [-0.3, -0.25) is 9.59 Å². The van der Waals surface area contributed by atoms with E-state index in [1.165, 1.54) is 4.90 Å². The van der Waals surface area contributed by atoms with Crippen molar-refractivity contribution in [2.75, 3.05) is 20.3 Å². The van der Waals surface area contributed by atoms with E-state index in [0.717, 1.165) is 23.1 Å². The van der Waals surface area contributed by atoms with Gasteiger partial charge >= 0.3 is 0 Å². The van der Waals surface area contributed by atoms with Crippen molar-refractivity contribution in [2.24, 2.45) is 0 Å². The van der Waals surface area contributed by atoms with Crippen molar-refractivity contribution in [2.45, 2.75) is 46.3 Å². The SMILES string of the molecule is CCc1ccc(C2/C(=C(/O)c3ccc(OC(C)C)c(C)c3)C(=O)C(=O)N2CCOC)cc1. The Morgan fingerprint density at radius 3 is 2.38 bits per heavy atom.